The van der Waals surface area contributed by atoms with Crippen LogP contribution in [0.5, 0.6) is 0 Å². The molecule has 1 amide bonds. The van der Waals surface area contributed by atoms with Gasteiger partial charge in [-0.15, -0.1) is 0 Å². The van der Waals surface area contributed by atoms with E-state index in [0.29, 0.717) is 39.1 Å². The third-order valence-corrected chi connectivity index (χ3v) is 6.85. The summed E-state index contributed by atoms with van der Waals surface area (Å²) in [5.74, 6) is 0.796. The Balaban J connectivity index is 1.23. The van der Waals surface area contributed by atoms with Crippen molar-refractivity contribution < 1.29 is 18.0 Å². The normalized spacial score (nSPS) is 19.6. The summed E-state index contributed by atoms with van der Waals surface area (Å²) in [6.07, 6.45) is -3.45. The first-order chi connectivity index (χ1) is 16.7. The van der Waals surface area contributed by atoms with Gasteiger partial charge in [-0.1, -0.05) is 12.1 Å². The van der Waals surface area contributed by atoms with Crippen molar-refractivity contribution in [2.24, 2.45) is 7.05 Å². The number of nitrogens with zero attached hydrogens (tertiary/aromatic N) is 6. The van der Waals surface area contributed by atoms with Gasteiger partial charge < -0.3 is 14.4 Å². The lowest BCUT2D eigenvalue weighted by molar-refractivity contribution is -0.139. The van der Waals surface area contributed by atoms with Gasteiger partial charge in [-0.2, -0.15) is 18.3 Å². The standard InChI is InChI=1S/C23H26F3N7O2/c1-30-18-6-3-2-5-16(18)27-22(30)32-11-9-31(10-12-32)20(34)14-33-8-4-7-19(33)17-13-15(23(24,25)26)21(35)29-28-17/h2-3,5-6,13,19H,4,7-12,14H2,1H3,(H,29,35). The Morgan fingerprint density at radius 3 is 2.60 bits per heavy atom. The van der Waals surface area contributed by atoms with Gasteiger partial charge in [0.15, 0.2) is 0 Å². The first kappa shape index (κ1) is 23.3. The number of alkyl halides is 3. The number of fused-ring (bicyclic) bond motifs is 1. The van der Waals surface area contributed by atoms with Crippen molar-refractivity contribution in [1.82, 2.24) is 29.5 Å². The number of piperazine rings is 1. The number of likely N-dealkylation sites (tertiary alicyclic amines) is 1. The molecular formula is C23H26F3N7O2. The molecule has 2 saturated heterocycles. The van der Waals surface area contributed by atoms with Crippen LogP contribution in [-0.4, -0.2) is 74.7 Å². The van der Waals surface area contributed by atoms with E-state index in [9.17, 15) is 22.8 Å². The molecule has 0 spiro atoms. The number of para-hydroxylation sites is 2. The molecule has 1 aromatic carbocycles. The van der Waals surface area contributed by atoms with Crippen LogP contribution >= 0.6 is 0 Å². The van der Waals surface area contributed by atoms with Crippen molar-refractivity contribution in [2.45, 2.75) is 25.1 Å². The highest BCUT2D eigenvalue weighted by molar-refractivity contribution is 5.80. The number of amides is 1. The number of carbonyl (C=O) groups excluding carboxylic acids is 1. The zero-order valence-corrected chi connectivity index (χ0v) is 19.3. The SMILES string of the molecule is Cn1c(N2CCN(C(=O)CN3CCCC3c3cc(C(F)(F)F)c(=O)[nH]n3)CC2)nc2ccccc21. The predicted molar refractivity (Wildman–Crippen MR) is 123 cm³/mol. The molecule has 186 valence electrons. The minimum Gasteiger partial charge on any atom is -0.339 e. The number of aryl methyl sites for hydroxylation is 1. The van der Waals surface area contributed by atoms with Gasteiger partial charge in [0.05, 0.1) is 29.3 Å². The molecule has 12 heteroatoms. The molecule has 2 aliphatic heterocycles. The number of aromatic nitrogens is 4. The largest absolute Gasteiger partial charge is 0.421 e. The summed E-state index contributed by atoms with van der Waals surface area (Å²) < 4.78 is 41.6. The molecule has 35 heavy (non-hydrogen) atoms. The van der Waals surface area contributed by atoms with Crippen LogP contribution in [0.3, 0.4) is 0 Å². The molecule has 0 radical (unpaired) electrons. The monoisotopic (exact) mass is 489 g/mol. The summed E-state index contributed by atoms with van der Waals surface area (Å²) >= 11 is 0. The van der Waals surface area contributed by atoms with E-state index < -0.39 is 23.3 Å². The average molecular weight is 490 g/mol. The Bertz CT molecular complexity index is 1290. The van der Waals surface area contributed by atoms with Gasteiger partial charge >= 0.3 is 6.18 Å². The quantitative estimate of drug-likeness (QED) is 0.604. The number of rotatable bonds is 4. The average Bonchev–Trinajstić information content (AvgIpc) is 3.43. The summed E-state index contributed by atoms with van der Waals surface area (Å²) in [6, 6.07) is 8.28. The van der Waals surface area contributed by atoms with Crippen molar-refractivity contribution in [1.29, 1.82) is 0 Å². The summed E-state index contributed by atoms with van der Waals surface area (Å²) in [4.78, 5) is 35.1. The van der Waals surface area contributed by atoms with E-state index in [1.54, 1.807) is 4.90 Å². The Labute approximate surface area is 199 Å². The molecule has 2 aromatic heterocycles. The van der Waals surface area contributed by atoms with Crippen molar-refractivity contribution in [3.8, 4) is 0 Å². The molecule has 0 aliphatic carbocycles. The van der Waals surface area contributed by atoms with Gasteiger partial charge in [-0.3, -0.25) is 14.5 Å². The highest BCUT2D eigenvalue weighted by Crippen LogP contribution is 2.33. The van der Waals surface area contributed by atoms with Crippen molar-refractivity contribution in [3.63, 3.8) is 0 Å². The zero-order chi connectivity index (χ0) is 24.7. The number of nitrogens with one attached hydrogen (secondary N) is 1. The van der Waals surface area contributed by atoms with Gasteiger partial charge in [0.2, 0.25) is 11.9 Å². The molecule has 3 aromatic rings. The Kier molecular flexibility index (Phi) is 5.99. The van der Waals surface area contributed by atoms with Gasteiger partial charge in [0.1, 0.15) is 5.56 Å². The van der Waals surface area contributed by atoms with Crippen molar-refractivity contribution >= 4 is 22.9 Å². The van der Waals surface area contributed by atoms with E-state index in [-0.39, 0.29) is 18.1 Å². The Morgan fingerprint density at radius 1 is 1.14 bits per heavy atom. The number of halogens is 3. The number of benzene rings is 1. The predicted octanol–water partition coefficient (Wildman–Crippen LogP) is 2.16. The number of anilines is 1. The molecular weight excluding hydrogens is 463 g/mol. The highest BCUT2D eigenvalue weighted by Gasteiger charge is 2.37. The van der Waals surface area contributed by atoms with E-state index in [1.807, 2.05) is 45.9 Å². The summed E-state index contributed by atoms with van der Waals surface area (Å²) in [6.45, 7) is 3.04. The lowest BCUT2D eigenvalue weighted by Crippen LogP contribution is -2.51. The number of H-pyrrole nitrogens is 1. The third kappa shape index (κ3) is 4.49. The van der Waals surface area contributed by atoms with E-state index in [4.69, 9.17) is 4.98 Å². The molecule has 2 fully saturated rings. The Hall–Kier alpha value is -3.41. The second-order valence-electron chi connectivity index (χ2n) is 8.99. The first-order valence-electron chi connectivity index (χ1n) is 11.6. The van der Waals surface area contributed by atoms with E-state index in [1.165, 1.54) is 0 Å². The van der Waals surface area contributed by atoms with Crippen molar-refractivity contribution in [3.05, 3.63) is 51.9 Å². The third-order valence-electron chi connectivity index (χ3n) is 6.85. The van der Waals surface area contributed by atoms with Gasteiger partial charge in [0.25, 0.3) is 5.56 Å². The second-order valence-corrected chi connectivity index (χ2v) is 8.99. The van der Waals surface area contributed by atoms with Crippen LogP contribution < -0.4 is 10.5 Å². The van der Waals surface area contributed by atoms with E-state index in [2.05, 4.69) is 10.00 Å². The number of aromatic amines is 1. The maximum atomic E-state index is 13.2. The maximum Gasteiger partial charge on any atom is 0.421 e. The molecule has 5 rings (SSSR count). The Morgan fingerprint density at radius 2 is 1.89 bits per heavy atom. The molecule has 9 nitrogen and oxygen atoms in total. The van der Waals surface area contributed by atoms with Crippen LogP contribution in [0.1, 0.15) is 30.1 Å². The van der Waals surface area contributed by atoms with E-state index in [0.717, 1.165) is 29.5 Å². The smallest absolute Gasteiger partial charge is 0.339 e. The van der Waals surface area contributed by atoms with Crippen molar-refractivity contribution in [2.75, 3.05) is 44.2 Å². The van der Waals surface area contributed by atoms with Crippen LogP contribution in [-0.2, 0) is 18.0 Å². The summed E-state index contributed by atoms with van der Waals surface area (Å²) in [7, 11) is 1.98. The van der Waals surface area contributed by atoms with Crippen LogP contribution in [0.15, 0.2) is 35.1 Å². The minimum absolute atomic E-state index is 0.0676. The topological polar surface area (TPSA) is 90.4 Å². The van der Waals surface area contributed by atoms with Crippen LogP contribution in [0, 0.1) is 0 Å². The number of hydrogen-bond acceptors (Lipinski definition) is 6. The van der Waals surface area contributed by atoms with Gasteiger partial charge in [0, 0.05) is 33.2 Å². The van der Waals surface area contributed by atoms with Crippen LogP contribution in [0.2, 0.25) is 0 Å². The molecule has 1 N–H and O–H groups in total. The van der Waals surface area contributed by atoms with Gasteiger partial charge in [-0.25, -0.2) is 10.1 Å². The molecule has 1 unspecified atom stereocenters. The fraction of sp³-hybridized carbons (Fsp3) is 0.478. The first-order valence-corrected chi connectivity index (χ1v) is 11.6. The number of imidazole rings is 1. The van der Waals surface area contributed by atoms with Crippen LogP contribution in [0.25, 0.3) is 11.0 Å². The lowest BCUT2D eigenvalue weighted by atomic mass is 10.1. The zero-order valence-electron chi connectivity index (χ0n) is 19.3. The molecule has 0 bridgehead atoms. The molecule has 1 atom stereocenters. The fourth-order valence-corrected chi connectivity index (χ4v) is 5.00. The highest BCUT2D eigenvalue weighted by atomic mass is 19.4. The second kappa shape index (κ2) is 8.99. The van der Waals surface area contributed by atoms with Gasteiger partial charge in [-0.05, 0) is 37.6 Å². The summed E-state index contributed by atoms with van der Waals surface area (Å²) in [5.41, 5.74) is -0.424. The summed E-state index contributed by atoms with van der Waals surface area (Å²) in [5, 5.41) is 5.82. The van der Waals surface area contributed by atoms with Crippen LogP contribution in [0.4, 0.5) is 19.1 Å². The lowest BCUT2D eigenvalue weighted by Gasteiger charge is -2.36. The minimum atomic E-state index is -4.76. The number of carbonyl (C=O) groups is 1. The fourth-order valence-electron chi connectivity index (χ4n) is 5.00. The molecule has 0 saturated carbocycles. The molecule has 2 aliphatic rings. The molecule has 4 heterocycles. The maximum absolute atomic E-state index is 13.2. The van der Waals surface area contributed by atoms with E-state index >= 15 is 0 Å². The number of hydrogen-bond donors (Lipinski definition) is 1.